The van der Waals surface area contributed by atoms with E-state index in [0.717, 1.165) is 65.3 Å². The maximum atomic E-state index is 13.8. The summed E-state index contributed by atoms with van der Waals surface area (Å²) in [7, 11) is 1.70. The first kappa shape index (κ1) is 23.1. The first-order valence-electron chi connectivity index (χ1n) is 12.5. The number of fused-ring (bicyclic) bond motifs is 3. The Morgan fingerprint density at radius 2 is 1.72 bits per heavy atom. The van der Waals surface area contributed by atoms with Crippen LogP contribution in [0.4, 0.5) is 5.69 Å². The lowest BCUT2D eigenvalue weighted by atomic mass is 9.74. The first-order valence-corrected chi connectivity index (χ1v) is 12.9. The molecule has 2 aliphatic heterocycles. The fourth-order valence-corrected chi connectivity index (χ4v) is 6.11. The third kappa shape index (κ3) is 4.15. The van der Waals surface area contributed by atoms with Crippen molar-refractivity contribution in [2.45, 2.75) is 24.8 Å². The summed E-state index contributed by atoms with van der Waals surface area (Å²) in [4.78, 5) is 18.3. The van der Waals surface area contributed by atoms with Crippen LogP contribution in [-0.4, -0.2) is 37.6 Å². The van der Waals surface area contributed by atoms with Crippen LogP contribution in [0.25, 0.3) is 10.8 Å². The van der Waals surface area contributed by atoms with Crippen LogP contribution >= 0.6 is 11.6 Å². The van der Waals surface area contributed by atoms with Gasteiger partial charge in [0, 0.05) is 34.8 Å². The molecule has 6 rings (SSSR count). The Morgan fingerprint density at radius 1 is 0.917 bits per heavy atom. The first-order chi connectivity index (χ1) is 17.5. The number of hydrogen-bond acceptors (Lipinski definition) is 3. The van der Waals surface area contributed by atoms with E-state index >= 15 is 0 Å². The number of rotatable bonds is 4. The van der Waals surface area contributed by atoms with Crippen molar-refractivity contribution in [2.24, 2.45) is 0 Å². The molecule has 0 aliphatic carbocycles. The van der Waals surface area contributed by atoms with Crippen molar-refractivity contribution in [1.82, 2.24) is 4.90 Å². The second-order valence-electron chi connectivity index (χ2n) is 10.0. The Morgan fingerprint density at radius 3 is 2.50 bits per heavy atom. The third-order valence-electron chi connectivity index (χ3n) is 7.88. The number of likely N-dealkylation sites (tertiary alicyclic amines) is 1. The van der Waals surface area contributed by atoms with Gasteiger partial charge >= 0.3 is 0 Å². The van der Waals surface area contributed by atoms with E-state index in [2.05, 4.69) is 35.2 Å². The van der Waals surface area contributed by atoms with Crippen LogP contribution in [0.2, 0.25) is 5.02 Å². The van der Waals surface area contributed by atoms with Crippen LogP contribution in [-0.2, 0) is 12.0 Å². The van der Waals surface area contributed by atoms with Gasteiger partial charge in [0.1, 0.15) is 5.75 Å². The summed E-state index contributed by atoms with van der Waals surface area (Å²) in [6.45, 7) is 3.54. The van der Waals surface area contributed by atoms with Gasteiger partial charge in [-0.05, 0) is 90.3 Å². The van der Waals surface area contributed by atoms with Crippen molar-refractivity contribution in [3.8, 4) is 5.75 Å². The molecule has 2 aliphatic rings. The molecule has 182 valence electrons. The molecule has 2 heterocycles. The summed E-state index contributed by atoms with van der Waals surface area (Å²) in [5, 5.41) is 3.01. The van der Waals surface area contributed by atoms with E-state index in [9.17, 15) is 4.79 Å². The zero-order valence-electron chi connectivity index (χ0n) is 20.4. The molecule has 1 saturated heterocycles. The molecule has 1 fully saturated rings. The number of carbonyl (C=O) groups is 1. The van der Waals surface area contributed by atoms with Gasteiger partial charge in [-0.15, -0.1) is 0 Å². The zero-order chi connectivity index (χ0) is 24.7. The number of hydrogen-bond donors (Lipinski definition) is 0. The fraction of sp³-hybridized carbons (Fsp3) is 0.258. The Kier molecular flexibility index (Phi) is 5.94. The van der Waals surface area contributed by atoms with E-state index in [4.69, 9.17) is 16.3 Å². The monoisotopic (exact) mass is 496 g/mol. The van der Waals surface area contributed by atoms with Crippen molar-refractivity contribution < 1.29 is 9.53 Å². The molecule has 1 amide bonds. The van der Waals surface area contributed by atoms with Gasteiger partial charge in [-0.3, -0.25) is 9.69 Å². The Hall–Kier alpha value is -3.34. The Balaban J connectivity index is 1.28. The van der Waals surface area contributed by atoms with Crippen molar-refractivity contribution >= 4 is 34.0 Å². The fourth-order valence-electron chi connectivity index (χ4n) is 5.89. The van der Waals surface area contributed by atoms with Crippen molar-refractivity contribution in [3.63, 3.8) is 0 Å². The minimum Gasteiger partial charge on any atom is -0.497 e. The molecule has 0 N–H and O–H groups in total. The summed E-state index contributed by atoms with van der Waals surface area (Å²) < 4.78 is 5.59. The highest BCUT2D eigenvalue weighted by atomic mass is 35.5. The molecule has 4 nitrogen and oxygen atoms in total. The van der Waals surface area contributed by atoms with E-state index in [1.165, 1.54) is 11.1 Å². The highest BCUT2D eigenvalue weighted by Gasteiger charge is 2.46. The number of ether oxygens (including phenoxy) is 1. The summed E-state index contributed by atoms with van der Waals surface area (Å²) >= 11 is 6.21. The molecule has 0 aromatic heterocycles. The van der Waals surface area contributed by atoms with Gasteiger partial charge in [-0.1, -0.05) is 54.1 Å². The SMILES string of the molecule is COc1ccc2c(c1)C1(CCN(Cc3cccc(Cl)c3)CC1)CN2C(=O)c1ccc2ccccc2c1. The van der Waals surface area contributed by atoms with Gasteiger partial charge in [-0.25, -0.2) is 0 Å². The van der Waals surface area contributed by atoms with Gasteiger partial charge in [-0.2, -0.15) is 0 Å². The number of halogens is 1. The molecule has 5 heteroatoms. The molecular weight excluding hydrogens is 468 g/mol. The van der Waals surface area contributed by atoms with E-state index in [-0.39, 0.29) is 11.3 Å². The van der Waals surface area contributed by atoms with Gasteiger partial charge in [0.15, 0.2) is 0 Å². The second-order valence-corrected chi connectivity index (χ2v) is 10.5. The van der Waals surface area contributed by atoms with E-state index in [1.54, 1.807) is 7.11 Å². The average molecular weight is 497 g/mol. The van der Waals surface area contributed by atoms with E-state index in [1.807, 2.05) is 59.5 Å². The number of anilines is 1. The van der Waals surface area contributed by atoms with Gasteiger partial charge in [0.05, 0.1) is 7.11 Å². The molecule has 1 spiro atoms. The summed E-state index contributed by atoms with van der Waals surface area (Å²) in [5.74, 6) is 0.903. The zero-order valence-corrected chi connectivity index (χ0v) is 21.2. The Labute approximate surface area is 217 Å². The molecule has 0 unspecified atom stereocenters. The number of amides is 1. The van der Waals surface area contributed by atoms with Crippen molar-refractivity contribution in [2.75, 3.05) is 31.6 Å². The maximum Gasteiger partial charge on any atom is 0.258 e. The molecule has 0 radical (unpaired) electrons. The molecule has 4 aromatic rings. The van der Waals surface area contributed by atoms with Crippen LogP contribution < -0.4 is 9.64 Å². The number of methoxy groups -OCH3 is 1. The second kappa shape index (κ2) is 9.27. The minimum absolute atomic E-state index is 0.0606. The number of carbonyl (C=O) groups excluding carboxylic acids is 1. The summed E-state index contributed by atoms with van der Waals surface area (Å²) in [6.07, 6.45) is 1.99. The highest BCUT2D eigenvalue weighted by Crippen LogP contribution is 2.49. The van der Waals surface area contributed by atoms with Gasteiger partial charge in [0.25, 0.3) is 5.91 Å². The van der Waals surface area contributed by atoms with Crippen LogP contribution in [0.1, 0.15) is 34.3 Å². The van der Waals surface area contributed by atoms with E-state index < -0.39 is 0 Å². The van der Waals surface area contributed by atoms with Gasteiger partial charge < -0.3 is 9.64 Å². The summed E-state index contributed by atoms with van der Waals surface area (Å²) in [5.41, 5.74) is 4.14. The quantitative estimate of drug-likeness (QED) is 0.315. The standard InChI is InChI=1S/C31H29ClN2O2/c1-36-27-11-12-29-28(19-27)31(13-15-33(16-14-31)20-22-5-4-8-26(32)17-22)21-34(29)30(35)25-10-9-23-6-2-3-7-24(23)18-25/h2-12,17-19H,13-16,20-21H2,1H3. The van der Waals surface area contributed by atoms with E-state index in [0.29, 0.717) is 6.54 Å². The number of piperidine rings is 1. The Bertz CT molecular complexity index is 1440. The van der Waals surface area contributed by atoms with Gasteiger partial charge in [0.2, 0.25) is 0 Å². The third-order valence-corrected chi connectivity index (χ3v) is 8.11. The van der Waals surface area contributed by atoms with Crippen LogP contribution in [0, 0.1) is 0 Å². The van der Waals surface area contributed by atoms with Crippen molar-refractivity contribution in [1.29, 1.82) is 0 Å². The lowest BCUT2D eigenvalue weighted by molar-refractivity contribution is 0.0975. The van der Waals surface area contributed by atoms with Crippen LogP contribution in [0.15, 0.2) is 84.9 Å². The predicted molar refractivity (Wildman–Crippen MR) is 146 cm³/mol. The lowest BCUT2D eigenvalue weighted by Crippen LogP contribution is -2.45. The predicted octanol–water partition coefficient (Wildman–Crippen LogP) is 6.70. The molecule has 0 atom stereocenters. The summed E-state index contributed by atoms with van der Waals surface area (Å²) in [6, 6.07) is 28.5. The highest BCUT2D eigenvalue weighted by molar-refractivity contribution is 6.30. The number of benzene rings is 4. The minimum atomic E-state index is -0.0682. The normalized spacial score (nSPS) is 16.9. The van der Waals surface area contributed by atoms with Crippen LogP contribution in [0.5, 0.6) is 5.75 Å². The topological polar surface area (TPSA) is 32.8 Å². The molecular formula is C31H29ClN2O2. The largest absolute Gasteiger partial charge is 0.497 e. The smallest absolute Gasteiger partial charge is 0.258 e. The molecule has 4 aromatic carbocycles. The lowest BCUT2D eigenvalue weighted by Gasteiger charge is -2.40. The molecule has 36 heavy (non-hydrogen) atoms. The maximum absolute atomic E-state index is 13.8. The van der Waals surface area contributed by atoms with Crippen molar-refractivity contribution in [3.05, 3.63) is 107 Å². The number of nitrogens with zero attached hydrogens (tertiary/aromatic N) is 2. The molecule has 0 saturated carbocycles. The molecule has 0 bridgehead atoms. The van der Waals surface area contributed by atoms with Crippen LogP contribution in [0.3, 0.4) is 0 Å². The average Bonchev–Trinajstić information content (AvgIpc) is 3.22.